The molecule has 43 heavy (non-hydrogen) atoms. The van der Waals surface area contributed by atoms with Crippen LogP contribution in [-0.4, -0.2) is 36.8 Å². The second-order valence-electron chi connectivity index (χ2n) is 11.9. The quantitative estimate of drug-likeness (QED) is 0.174. The van der Waals surface area contributed by atoms with Gasteiger partial charge in [-0.3, -0.25) is 10.1 Å². The van der Waals surface area contributed by atoms with Gasteiger partial charge in [0.15, 0.2) is 0 Å². The van der Waals surface area contributed by atoms with Crippen molar-refractivity contribution in [1.82, 2.24) is 15.2 Å². The van der Waals surface area contributed by atoms with Gasteiger partial charge in [-0.2, -0.15) is 5.10 Å². The lowest BCUT2D eigenvalue weighted by Crippen LogP contribution is -2.11. The first-order chi connectivity index (χ1) is 20.3. The third-order valence-electron chi connectivity index (χ3n) is 6.74. The Morgan fingerprint density at radius 1 is 0.860 bits per heavy atom. The van der Waals surface area contributed by atoms with Crippen molar-refractivity contribution in [1.29, 1.82) is 0 Å². The largest absolute Gasteiger partial charge is 0.497 e. The highest BCUT2D eigenvalue weighted by atomic mass is 32.2. The number of fused-ring (bicyclic) bond motifs is 1. The molecule has 9 heteroatoms. The lowest BCUT2D eigenvalue weighted by atomic mass is 9.92. The fourth-order valence-corrected chi connectivity index (χ4v) is 5.63. The van der Waals surface area contributed by atoms with Gasteiger partial charge in [-0.1, -0.05) is 38.5 Å². The number of ether oxygens (including phenoxy) is 1. The predicted octanol–water partition coefficient (Wildman–Crippen LogP) is 7.96. The minimum absolute atomic E-state index is 0.143. The third-order valence-corrected chi connectivity index (χ3v) is 8.53. The summed E-state index contributed by atoms with van der Waals surface area (Å²) in [7, 11) is -1.92. The zero-order chi connectivity index (χ0) is 31.4. The number of hydrogen-bond donors (Lipinski definition) is 3. The van der Waals surface area contributed by atoms with Gasteiger partial charge in [0.05, 0.1) is 22.4 Å². The fourth-order valence-electron chi connectivity index (χ4n) is 4.37. The summed E-state index contributed by atoms with van der Waals surface area (Å²) < 4.78 is 31.1. The zero-order valence-electron chi connectivity index (χ0n) is 26.1. The molecular formula is C34H41N5O3S. The van der Waals surface area contributed by atoms with Crippen molar-refractivity contribution in [2.24, 2.45) is 0 Å². The Kier molecular flexibility index (Phi) is 9.45. The van der Waals surface area contributed by atoms with Gasteiger partial charge in [0.25, 0.3) is 0 Å². The third kappa shape index (κ3) is 7.93. The van der Waals surface area contributed by atoms with Crippen LogP contribution in [0.25, 0.3) is 10.9 Å². The van der Waals surface area contributed by atoms with E-state index in [4.69, 9.17) is 4.74 Å². The highest BCUT2D eigenvalue weighted by Gasteiger charge is 2.18. The van der Waals surface area contributed by atoms with Gasteiger partial charge in [-0.25, -0.2) is 8.42 Å². The first kappa shape index (κ1) is 31.6. The van der Waals surface area contributed by atoms with Gasteiger partial charge in [0.2, 0.25) is 9.84 Å². The molecule has 0 fully saturated rings. The molecule has 0 aliphatic heterocycles. The number of pyridine rings is 1. The van der Waals surface area contributed by atoms with Crippen LogP contribution < -0.4 is 15.4 Å². The highest BCUT2D eigenvalue weighted by Crippen LogP contribution is 2.30. The number of aromatic amines is 1. The van der Waals surface area contributed by atoms with E-state index in [2.05, 4.69) is 66.5 Å². The molecule has 3 aromatic carbocycles. The number of aryl methyl sites for hydroxylation is 2. The molecule has 5 aromatic rings. The van der Waals surface area contributed by atoms with Crippen LogP contribution in [0.15, 0.2) is 88.7 Å². The number of rotatable bonds is 7. The van der Waals surface area contributed by atoms with E-state index in [9.17, 15) is 8.42 Å². The Hall–Kier alpha value is -4.37. The van der Waals surface area contributed by atoms with Crippen LogP contribution in [0.3, 0.4) is 0 Å². The minimum Gasteiger partial charge on any atom is -0.497 e. The van der Waals surface area contributed by atoms with Gasteiger partial charge in [0.1, 0.15) is 11.6 Å². The van der Waals surface area contributed by atoms with E-state index in [0.29, 0.717) is 6.04 Å². The number of H-pyrrole nitrogens is 1. The Morgan fingerprint density at radius 2 is 1.49 bits per heavy atom. The topological polar surface area (TPSA) is 109 Å². The molecule has 5 rings (SSSR count). The lowest BCUT2D eigenvalue weighted by molar-refractivity contribution is 0.415. The van der Waals surface area contributed by atoms with E-state index in [0.717, 1.165) is 50.8 Å². The molecule has 0 saturated carbocycles. The molecule has 0 aliphatic carbocycles. The Morgan fingerprint density at radius 3 is 2.05 bits per heavy atom. The Labute approximate surface area is 254 Å². The van der Waals surface area contributed by atoms with E-state index in [1.807, 2.05) is 38.1 Å². The molecule has 2 aromatic heterocycles. The van der Waals surface area contributed by atoms with Crippen molar-refractivity contribution < 1.29 is 13.2 Å². The number of sulfone groups is 1. The van der Waals surface area contributed by atoms with Crippen LogP contribution in [0.1, 0.15) is 51.6 Å². The molecule has 0 amide bonds. The van der Waals surface area contributed by atoms with Crippen LogP contribution >= 0.6 is 0 Å². The summed E-state index contributed by atoms with van der Waals surface area (Å²) in [5.74, 6) is 1.68. The van der Waals surface area contributed by atoms with Crippen LogP contribution in [0.5, 0.6) is 5.75 Å². The number of hydrogen-bond acceptors (Lipinski definition) is 7. The standard InChI is InChI=1S/C24H22N2O3S.C10H19N3/c1-16-4-9-20(10-5-16)30(27,28)21-11-6-18(7-12-21)26-24-14-17(2)25-23-13-8-19(29-3)15-22(23)24;1-7(2)11-9-6-8(12-13-9)10(3,4)5/h4-15H,1-3H3,(H,25,26);6-7H,1-5H3,(H2,11,12,13). The summed E-state index contributed by atoms with van der Waals surface area (Å²) in [5, 5.41) is 14.8. The zero-order valence-corrected chi connectivity index (χ0v) is 26.9. The van der Waals surface area contributed by atoms with Crippen molar-refractivity contribution in [3.8, 4) is 5.75 Å². The summed E-state index contributed by atoms with van der Waals surface area (Å²) in [4.78, 5) is 5.11. The van der Waals surface area contributed by atoms with Crippen LogP contribution in [0.4, 0.5) is 17.2 Å². The Bertz CT molecular complexity index is 1790. The predicted molar refractivity (Wildman–Crippen MR) is 175 cm³/mol. The first-order valence-corrected chi connectivity index (χ1v) is 15.7. The van der Waals surface area contributed by atoms with Gasteiger partial charge >= 0.3 is 0 Å². The van der Waals surface area contributed by atoms with Crippen molar-refractivity contribution in [3.05, 3.63) is 95.8 Å². The molecule has 0 radical (unpaired) electrons. The van der Waals surface area contributed by atoms with E-state index >= 15 is 0 Å². The maximum Gasteiger partial charge on any atom is 0.206 e. The fraction of sp³-hybridized carbons (Fsp3) is 0.294. The number of aromatic nitrogens is 3. The lowest BCUT2D eigenvalue weighted by Gasteiger charge is -2.14. The van der Waals surface area contributed by atoms with Crippen molar-refractivity contribution >= 4 is 37.9 Å². The number of nitrogens with one attached hydrogen (secondary N) is 3. The number of benzene rings is 3. The normalized spacial score (nSPS) is 11.7. The van der Waals surface area contributed by atoms with Crippen molar-refractivity contribution in [3.63, 3.8) is 0 Å². The smallest absolute Gasteiger partial charge is 0.206 e. The summed E-state index contributed by atoms with van der Waals surface area (Å²) in [6.45, 7) is 14.6. The average molecular weight is 600 g/mol. The molecule has 0 aliphatic rings. The molecular weight excluding hydrogens is 558 g/mol. The average Bonchev–Trinajstić information content (AvgIpc) is 3.42. The minimum atomic E-state index is -3.55. The van der Waals surface area contributed by atoms with Crippen LogP contribution in [-0.2, 0) is 15.3 Å². The molecule has 0 unspecified atom stereocenters. The summed E-state index contributed by atoms with van der Waals surface area (Å²) in [6, 6.07) is 23.8. The first-order valence-electron chi connectivity index (χ1n) is 14.2. The van der Waals surface area contributed by atoms with Crippen LogP contribution in [0, 0.1) is 13.8 Å². The SMILES string of the molecule is CC(C)Nc1cc(C(C)(C)C)[nH]n1.COc1ccc2nc(C)cc(Nc3ccc(S(=O)(=O)c4ccc(C)cc4)cc3)c2c1. The second kappa shape index (κ2) is 12.9. The Balaban J connectivity index is 0.000000273. The summed E-state index contributed by atoms with van der Waals surface area (Å²) in [5.41, 5.74) is 5.73. The van der Waals surface area contributed by atoms with Gasteiger partial charge < -0.3 is 15.4 Å². The second-order valence-corrected chi connectivity index (χ2v) is 13.8. The number of anilines is 3. The molecule has 226 valence electrons. The van der Waals surface area contributed by atoms with Crippen molar-refractivity contribution in [2.45, 2.75) is 69.7 Å². The molecule has 2 heterocycles. The van der Waals surface area contributed by atoms with Crippen molar-refractivity contribution in [2.75, 3.05) is 17.7 Å². The summed E-state index contributed by atoms with van der Waals surface area (Å²) in [6.07, 6.45) is 0. The van der Waals surface area contributed by atoms with E-state index in [1.165, 1.54) is 0 Å². The molecule has 0 saturated heterocycles. The molecule has 0 spiro atoms. The molecule has 3 N–H and O–H groups in total. The maximum absolute atomic E-state index is 12.9. The van der Waals surface area contributed by atoms with Crippen LogP contribution in [0.2, 0.25) is 0 Å². The number of methoxy groups -OCH3 is 1. The maximum atomic E-state index is 12.9. The summed E-state index contributed by atoms with van der Waals surface area (Å²) >= 11 is 0. The van der Waals surface area contributed by atoms with E-state index in [1.54, 1.807) is 55.6 Å². The molecule has 8 nitrogen and oxygen atoms in total. The van der Waals surface area contributed by atoms with Gasteiger partial charge in [-0.15, -0.1) is 0 Å². The van der Waals surface area contributed by atoms with E-state index in [-0.39, 0.29) is 15.2 Å². The monoisotopic (exact) mass is 599 g/mol. The highest BCUT2D eigenvalue weighted by molar-refractivity contribution is 7.91. The molecule has 0 atom stereocenters. The van der Waals surface area contributed by atoms with Gasteiger partial charge in [-0.05, 0) is 88.4 Å². The number of nitrogens with zero attached hydrogens (tertiary/aromatic N) is 2. The van der Waals surface area contributed by atoms with Gasteiger partial charge in [0, 0.05) is 45.7 Å². The molecule has 0 bridgehead atoms. The van der Waals surface area contributed by atoms with E-state index < -0.39 is 9.84 Å².